The fourth-order valence-corrected chi connectivity index (χ4v) is 4.72. The number of hydrogen-bond acceptors (Lipinski definition) is 3. The Balaban J connectivity index is 1.52. The third kappa shape index (κ3) is 2.19. The molecule has 0 spiro atoms. The van der Waals surface area contributed by atoms with Gasteiger partial charge in [0, 0.05) is 30.4 Å². The number of ether oxygens (including phenoxy) is 1. The lowest BCUT2D eigenvalue weighted by Gasteiger charge is -2.38. The lowest BCUT2D eigenvalue weighted by molar-refractivity contribution is 0.139. The Kier molecular flexibility index (Phi) is 3.18. The van der Waals surface area contributed by atoms with Crippen molar-refractivity contribution >= 4 is 0 Å². The van der Waals surface area contributed by atoms with Crippen LogP contribution in [0.25, 0.3) is 11.4 Å². The molecule has 0 aliphatic carbocycles. The molecular formula is C19H23N3O. The number of benzene rings is 1. The molecule has 2 aromatic rings. The number of fused-ring (bicyclic) bond motifs is 2. The number of aromatic nitrogens is 2. The molecule has 0 radical (unpaired) electrons. The zero-order chi connectivity index (χ0) is 15.2. The van der Waals surface area contributed by atoms with Gasteiger partial charge in [0.25, 0.3) is 0 Å². The van der Waals surface area contributed by atoms with E-state index >= 15 is 0 Å². The third-order valence-electron chi connectivity index (χ3n) is 5.78. The highest BCUT2D eigenvalue weighted by Crippen LogP contribution is 2.38. The van der Waals surface area contributed by atoms with Gasteiger partial charge in [-0.2, -0.15) is 0 Å². The predicted molar refractivity (Wildman–Crippen MR) is 89.7 cm³/mol. The van der Waals surface area contributed by atoms with E-state index in [2.05, 4.69) is 33.9 Å². The predicted octanol–water partition coefficient (Wildman–Crippen LogP) is 3.28. The lowest BCUT2D eigenvalue weighted by Crippen LogP contribution is -2.41. The van der Waals surface area contributed by atoms with Crippen molar-refractivity contribution in [1.29, 1.82) is 0 Å². The van der Waals surface area contributed by atoms with E-state index in [4.69, 9.17) is 9.72 Å². The monoisotopic (exact) mass is 309 g/mol. The first-order valence-electron chi connectivity index (χ1n) is 8.93. The summed E-state index contributed by atoms with van der Waals surface area (Å²) in [5.74, 6) is 2.17. The van der Waals surface area contributed by atoms with Gasteiger partial charge in [-0.25, -0.2) is 4.98 Å². The van der Waals surface area contributed by atoms with Crippen LogP contribution in [-0.4, -0.2) is 40.2 Å². The normalized spacial score (nSPS) is 26.8. The molecule has 0 bridgehead atoms. The minimum Gasteiger partial charge on any atom is -0.493 e. The quantitative estimate of drug-likeness (QED) is 0.853. The highest BCUT2D eigenvalue weighted by Gasteiger charge is 2.36. The SMILES string of the molecule is c1cn([C@@H]2CCCN3CCC[C@H]23)c(-c2ccc3c(c2)CCO3)n1. The highest BCUT2D eigenvalue weighted by molar-refractivity contribution is 5.60. The maximum atomic E-state index is 5.64. The van der Waals surface area contributed by atoms with E-state index in [-0.39, 0.29) is 0 Å². The summed E-state index contributed by atoms with van der Waals surface area (Å²) in [5, 5.41) is 0. The Morgan fingerprint density at radius 2 is 1.96 bits per heavy atom. The number of imidazole rings is 1. The summed E-state index contributed by atoms with van der Waals surface area (Å²) in [6.45, 7) is 3.37. The molecule has 2 atom stereocenters. The molecule has 2 saturated heterocycles. The fraction of sp³-hybridized carbons (Fsp3) is 0.526. The Bertz CT molecular complexity index is 723. The van der Waals surface area contributed by atoms with Crippen LogP contribution in [0.15, 0.2) is 30.6 Å². The van der Waals surface area contributed by atoms with E-state index in [1.165, 1.54) is 49.9 Å². The second-order valence-corrected chi connectivity index (χ2v) is 7.03. The van der Waals surface area contributed by atoms with E-state index in [1.807, 2.05) is 6.20 Å². The lowest BCUT2D eigenvalue weighted by atomic mass is 9.95. The fourth-order valence-electron chi connectivity index (χ4n) is 4.72. The van der Waals surface area contributed by atoms with E-state index in [0.29, 0.717) is 12.1 Å². The molecule has 4 heteroatoms. The van der Waals surface area contributed by atoms with Gasteiger partial charge in [0.1, 0.15) is 11.6 Å². The van der Waals surface area contributed by atoms with Crippen molar-refractivity contribution in [2.45, 2.75) is 44.2 Å². The molecular weight excluding hydrogens is 286 g/mol. The smallest absolute Gasteiger partial charge is 0.140 e. The molecule has 1 aromatic heterocycles. The molecule has 3 aliphatic rings. The van der Waals surface area contributed by atoms with E-state index < -0.39 is 0 Å². The Morgan fingerprint density at radius 3 is 2.87 bits per heavy atom. The first kappa shape index (κ1) is 13.6. The molecule has 0 unspecified atom stereocenters. The molecule has 1 aromatic carbocycles. The summed E-state index contributed by atoms with van der Waals surface area (Å²) in [7, 11) is 0. The second-order valence-electron chi connectivity index (χ2n) is 7.03. The number of piperidine rings is 1. The first-order chi connectivity index (χ1) is 11.4. The highest BCUT2D eigenvalue weighted by atomic mass is 16.5. The van der Waals surface area contributed by atoms with E-state index in [0.717, 1.165) is 24.6 Å². The first-order valence-corrected chi connectivity index (χ1v) is 8.93. The van der Waals surface area contributed by atoms with Crippen LogP contribution in [0, 0.1) is 0 Å². The number of hydrogen-bond donors (Lipinski definition) is 0. The summed E-state index contributed by atoms with van der Waals surface area (Å²) in [4.78, 5) is 7.39. The maximum absolute atomic E-state index is 5.64. The standard InChI is InChI=1S/C19H23N3O/c1-3-16-17(4-2-10-21(16)9-1)22-11-8-20-19(22)15-5-6-18-14(13-15)7-12-23-18/h5-6,8,11,13,16-17H,1-4,7,9-10,12H2/t16-,17-/m1/s1. The Morgan fingerprint density at radius 1 is 1.09 bits per heavy atom. The zero-order valence-electron chi connectivity index (χ0n) is 13.4. The molecule has 0 saturated carbocycles. The molecule has 0 amide bonds. The number of rotatable bonds is 2. The Hall–Kier alpha value is -1.81. The van der Waals surface area contributed by atoms with Crippen molar-refractivity contribution in [3.63, 3.8) is 0 Å². The van der Waals surface area contributed by atoms with Crippen molar-refractivity contribution in [3.8, 4) is 17.1 Å². The third-order valence-corrected chi connectivity index (χ3v) is 5.78. The molecule has 0 N–H and O–H groups in total. The van der Waals surface area contributed by atoms with Gasteiger partial charge in [-0.3, -0.25) is 4.90 Å². The van der Waals surface area contributed by atoms with E-state index in [1.54, 1.807) is 0 Å². The molecule has 23 heavy (non-hydrogen) atoms. The molecule has 2 fully saturated rings. The summed E-state index contributed by atoms with van der Waals surface area (Å²) in [6, 6.07) is 7.83. The minimum absolute atomic E-state index is 0.577. The minimum atomic E-state index is 0.577. The second kappa shape index (κ2) is 5.38. The average molecular weight is 309 g/mol. The van der Waals surface area contributed by atoms with Crippen LogP contribution in [0.5, 0.6) is 5.75 Å². The summed E-state index contributed by atoms with van der Waals surface area (Å²) >= 11 is 0. The van der Waals surface area contributed by atoms with Gasteiger partial charge in [-0.1, -0.05) is 0 Å². The van der Waals surface area contributed by atoms with Gasteiger partial charge >= 0.3 is 0 Å². The van der Waals surface area contributed by atoms with Crippen molar-refractivity contribution < 1.29 is 4.74 Å². The summed E-state index contributed by atoms with van der Waals surface area (Å²) in [5.41, 5.74) is 2.55. The maximum Gasteiger partial charge on any atom is 0.140 e. The topological polar surface area (TPSA) is 30.3 Å². The largest absolute Gasteiger partial charge is 0.493 e. The van der Waals surface area contributed by atoms with E-state index in [9.17, 15) is 0 Å². The summed E-state index contributed by atoms with van der Waals surface area (Å²) < 4.78 is 8.08. The summed E-state index contributed by atoms with van der Waals surface area (Å²) in [6.07, 6.45) is 10.4. The van der Waals surface area contributed by atoms with Crippen LogP contribution in [0.3, 0.4) is 0 Å². The van der Waals surface area contributed by atoms with Crippen LogP contribution in [-0.2, 0) is 6.42 Å². The van der Waals surface area contributed by atoms with Gasteiger partial charge in [0.2, 0.25) is 0 Å². The zero-order valence-corrected chi connectivity index (χ0v) is 13.4. The average Bonchev–Trinajstić information content (AvgIpc) is 3.32. The van der Waals surface area contributed by atoms with Gasteiger partial charge in [0.05, 0.1) is 12.6 Å². The van der Waals surface area contributed by atoms with Crippen LogP contribution in [0.1, 0.15) is 37.3 Å². The van der Waals surface area contributed by atoms with Crippen LogP contribution in [0.2, 0.25) is 0 Å². The van der Waals surface area contributed by atoms with Crippen LogP contribution >= 0.6 is 0 Å². The molecule has 120 valence electrons. The molecule has 4 nitrogen and oxygen atoms in total. The van der Waals surface area contributed by atoms with Gasteiger partial charge in [-0.15, -0.1) is 0 Å². The number of nitrogens with zero attached hydrogens (tertiary/aromatic N) is 3. The van der Waals surface area contributed by atoms with Gasteiger partial charge < -0.3 is 9.30 Å². The molecule has 4 heterocycles. The van der Waals surface area contributed by atoms with Gasteiger partial charge in [0.15, 0.2) is 0 Å². The van der Waals surface area contributed by atoms with Crippen molar-refractivity contribution in [1.82, 2.24) is 14.5 Å². The van der Waals surface area contributed by atoms with Crippen molar-refractivity contribution in [2.75, 3.05) is 19.7 Å². The van der Waals surface area contributed by atoms with Crippen molar-refractivity contribution in [2.24, 2.45) is 0 Å². The van der Waals surface area contributed by atoms with Crippen molar-refractivity contribution in [3.05, 3.63) is 36.2 Å². The van der Waals surface area contributed by atoms with Crippen LogP contribution in [0.4, 0.5) is 0 Å². The molecule has 5 rings (SSSR count). The molecule has 3 aliphatic heterocycles. The Labute approximate surface area is 137 Å². The van der Waals surface area contributed by atoms with Crippen LogP contribution < -0.4 is 4.74 Å². The van der Waals surface area contributed by atoms with Gasteiger partial charge in [-0.05, 0) is 62.5 Å².